The molecule has 1 amide bonds. The standard InChI is InChI=1S/C13H14F2N2O2/c1-16-4-6-17(7-5-16)13(19)12(18)9-2-3-10(14)11(15)8-9/h2-3,8H,4-7H2,1H3. The topological polar surface area (TPSA) is 40.6 Å². The van der Waals surface area contributed by atoms with E-state index in [1.165, 1.54) is 4.90 Å². The Morgan fingerprint density at radius 2 is 1.68 bits per heavy atom. The Hall–Kier alpha value is -1.82. The SMILES string of the molecule is CN1CCN(C(=O)C(=O)c2ccc(F)c(F)c2)CC1. The van der Waals surface area contributed by atoms with Crippen molar-refractivity contribution in [2.24, 2.45) is 0 Å². The molecule has 2 rings (SSSR count). The summed E-state index contributed by atoms with van der Waals surface area (Å²) in [6.07, 6.45) is 0. The molecule has 102 valence electrons. The molecule has 0 bridgehead atoms. The molecule has 1 fully saturated rings. The van der Waals surface area contributed by atoms with Gasteiger partial charge in [0, 0.05) is 31.7 Å². The zero-order valence-corrected chi connectivity index (χ0v) is 10.5. The van der Waals surface area contributed by atoms with Gasteiger partial charge in [-0.1, -0.05) is 0 Å². The molecular formula is C13H14F2N2O2. The molecule has 0 N–H and O–H groups in total. The van der Waals surface area contributed by atoms with E-state index < -0.39 is 23.3 Å². The van der Waals surface area contributed by atoms with Crippen molar-refractivity contribution in [3.63, 3.8) is 0 Å². The summed E-state index contributed by atoms with van der Waals surface area (Å²) in [6, 6.07) is 2.72. The summed E-state index contributed by atoms with van der Waals surface area (Å²) in [7, 11) is 1.93. The van der Waals surface area contributed by atoms with E-state index in [-0.39, 0.29) is 5.56 Å². The lowest BCUT2D eigenvalue weighted by Gasteiger charge is -2.31. The number of hydrogen-bond donors (Lipinski definition) is 0. The first-order valence-electron chi connectivity index (χ1n) is 5.96. The minimum absolute atomic E-state index is 0.122. The third kappa shape index (κ3) is 2.96. The molecule has 4 nitrogen and oxygen atoms in total. The highest BCUT2D eigenvalue weighted by atomic mass is 19.2. The van der Waals surface area contributed by atoms with E-state index in [1.54, 1.807) is 0 Å². The van der Waals surface area contributed by atoms with E-state index in [9.17, 15) is 18.4 Å². The van der Waals surface area contributed by atoms with Crippen LogP contribution in [0.25, 0.3) is 0 Å². The second-order valence-electron chi connectivity index (χ2n) is 4.55. The summed E-state index contributed by atoms with van der Waals surface area (Å²) < 4.78 is 25.8. The second-order valence-corrected chi connectivity index (χ2v) is 4.55. The van der Waals surface area contributed by atoms with Crippen LogP contribution >= 0.6 is 0 Å². The molecule has 6 heteroatoms. The van der Waals surface area contributed by atoms with Crippen LogP contribution in [0.2, 0.25) is 0 Å². The van der Waals surface area contributed by atoms with Gasteiger partial charge in [-0.25, -0.2) is 8.78 Å². The number of likely N-dealkylation sites (N-methyl/N-ethyl adjacent to an activating group) is 1. The van der Waals surface area contributed by atoms with Gasteiger partial charge in [0.15, 0.2) is 11.6 Å². The summed E-state index contributed by atoms with van der Waals surface area (Å²) in [6.45, 7) is 2.31. The highest BCUT2D eigenvalue weighted by Crippen LogP contribution is 2.11. The number of benzene rings is 1. The first kappa shape index (κ1) is 13.6. The molecule has 19 heavy (non-hydrogen) atoms. The molecule has 1 aromatic rings. The average molecular weight is 268 g/mol. The van der Waals surface area contributed by atoms with Crippen LogP contribution in [0.3, 0.4) is 0 Å². The van der Waals surface area contributed by atoms with Gasteiger partial charge in [0.05, 0.1) is 0 Å². The Morgan fingerprint density at radius 1 is 1.05 bits per heavy atom. The predicted octanol–water partition coefficient (Wildman–Crippen LogP) is 0.921. The van der Waals surface area contributed by atoms with Crippen molar-refractivity contribution in [1.29, 1.82) is 0 Å². The molecule has 0 aromatic heterocycles. The molecule has 0 aliphatic carbocycles. The molecule has 1 aromatic carbocycles. The van der Waals surface area contributed by atoms with Crippen LogP contribution in [0.15, 0.2) is 18.2 Å². The fourth-order valence-electron chi connectivity index (χ4n) is 1.91. The molecular weight excluding hydrogens is 254 g/mol. The summed E-state index contributed by atoms with van der Waals surface area (Å²) in [5, 5.41) is 0. The zero-order chi connectivity index (χ0) is 14.0. The largest absolute Gasteiger partial charge is 0.333 e. The third-order valence-electron chi connectivity index (χ3n) is 3.17. The molecule has 0 spiro atoms. The van der Waals surface area contributed by atoms with Crippen molar-refractivity contribution < 1.29 is 18.4 Å². The van der Waals surface area contributed by atoms with Crippen molar-refractivity contribution >= 4 is 11.7 Å². The Balaban J connectivity index is 2.10. The van der Waals surface area contributed by atoms with Crippen LogP contribution in [0, 0.1) is 11.6 Å². The minimum Gasteiger partial charge on any atom is -0.333 e. The van der Waals surface area contributed by atoms with E-state index >= 15 is 0 Å². The number of rotatable bonds is 2. The number of carbonyl (C=O) groups is 2. The molecule has 0 radical (unpaired) electrons. The maximum atomic E-state index is 13.0. The normalized spacial score (nSPS) is 16.5. The number of halogens is 2. The highest BCUT2D eigenvalue weighted by molar-refractivity contribution is 6.42. The summed E-state index contributed by atoms with van der Waals surface area (Å²) >= 11 is 0. The fourth-order valence-corrected chi connectivity index (χ4v) is 1.91. The molecule has 0 unspecified atom stereocenters. The zero-order valence-electron chi connectivity index (χ0n) is 10.5. The van der Waals surface area contributed by atoms with Crippen LogP contribution in [-0.4, -0.2) is 54.7 Å². The van der Waals surface area contributed by atoms with Crippen molar-refractivity contribution in [2.45, 2.75) is 0 Å². The minimum atomic E-state index is -1.13. The lowest BCUT2D eigenvalue weighted by atomic mass is 10.1. The van der Waals surface area contributed by atoms with Crippen LogP contribution < -0.4 is 0 Å². The molecule has 0 atom stereocenters. The number of hydrogen-bond acceptors (Lipinski definition) is 3. The number of ketones is 1. The Bertz CT molecular complexity index is 511. The quantitative estimate of drug-likeness (QED) is 0.591. The molecule has 0 saturated carbocycles. The summed E-state index contributed by atoms with van der Waals surface area (Å²) in [5.74, 6) is -3.64. The van der Waals surface area contributed by atoms with Crippen molar-refractivity contribution in [1.82, 2.24) is 9.80 Å². The predicted molar refractivity (Wildman–Crippen MR) is 64.8 cm³/mol. The molecule has 1 saturated heterocycles. The molecule has 1 aliphatic rings. The number of amides is 1. The highest BCUT2D eigenvalue weighted by Gasteiger charge is 2.26. The molecule has 1 heterocycles. The lowest BCUT2D eigenvalue weighted by Crippen LogP contribution is -2.49. The van der Waals surface area contributed by atoms with Crippen molar-refractivity contribution in [2.75, 3.05) is 33.2 Å². The van der Waals surface area contributed by atoms with Crippen LogP contribution in [0.4, 0.5) is 8.78 Å². The summed E-state index contributed by atoms with van der Waals surface area (Å²) in [4.78, 5) is 27.3. The fraction of sp³-hybridized carbons (Fsp3) is 0.385. The van der Waals surface area contributed by atoms with E-state index in [1.807, 2.05) is 11.9 Å². The van der Waals surface area contributed by atoms with E-state index in [0.29, 0.717) is 26.2 Å². The number of nitrogens with zero attached hydrogens (tertiary/aromatic N) is 2. The number of piperazine rings is 1. The average Bonchev–Trinajstić information content (AvgIpc) is 2.41. The Morgan fingerprint density at radius 3 is 2.26 bits per heavy atom. The molecule has 1 aliphatic heterocycles. The van der Waals surface area contributed by atoms with Crippen LogP contribution in [-0.2, 0) is 4.79 Å². The van der Waals surface area contributed by atoms with Crippen LogP contribution in [0.5, 0.6) is 0 Å². The first-order chi connectivity index (χ1) is 8.99. The Kier molecular flexibility index (Phi) is 3.90. The van der Waals surface area contributed by atoms with Gasteiger partial charge in [0.25, 0.3) is 5.91 Å². The maximum absolute atomic E-state index is 13.0. The van der Waals surface area contributed by atoms with E-state index in [2.05, 4.69) is 0 Å². The van der Waals surface area contributed by atoms with E-state index in [0.717, 1.165) is 18.2 Å². The monoisotopic (exact) mass is 268 g/mol. The van der Waals surface area contributed by atoms with Gasteiger partial charge in [-0.15, -0.1) is 0 Å². The van der Waals surface area contributed by atoms with Gasteiger partial charge in [0.1, 0.15) is 0 Å². The number of Topliss-reactive ketones (excluding diaryl/α,β-unsaturated/α-hetero) is 1. The van der Waals surface area contributed by atoms with Crippen LogP contribution in [0.1, 0.15) is 10.4 Å². The third-order valence-corrected chi connectivity index (χ3v) is 3.17. The maximum Gasteiger partial charge on any atom is 0.295 e. The first-order valence-corrected chi connectivity index (χ1v) is 5.96. The number of carbonyl (C=O) groups excluding carboxylic acids is 2. The second kappa shape index (κ2) is 5.44. The van der Waals surface area contributed by atoms with E-state index in [4.69, 9.17) is 0 Å². The van der Waals surface area contributed by atoms with Gasteiger partial charge in [-0.3, -0.25) is 9.59 Å². The van der Waals surface area contributed by atoms with Gasteiger partial charge in [0.2, 0.25) is 5.78 Å². The van der Waals surface area contributed by atoms with Crippen molar-refractivity contribution in [3.05, 3.63) is 35.4 Å². The Labute approximate surface area is 109 Å². The van der Waals surface area contributed by atoms with Gasteiger partial charge < -0.3 is 9.80 Å². The van der Waals surface area contributed by atoms with Crippen molar-refractivity contribution in [3.8, 4) is 0 Å². The van der Waals surface area contributed by atoms with Gasteiger partial charge in [-0.05, 0) is 25.2 Å². The smallest absolute Gasteiger partial charge is 0.295 e. The van der Waals surface area contributed by atoms with Gasteiger partial charge in [-0.2, -0.15) is 0 Å². The summed E-state index contributed by atoms with van der Waals surface area (Å²) in [5.41, 5.74) is -0.122. The van der Waals surface area contributed by atoms with Gasteiger partial charge >= 0.3 is 0 Å². The lowest BCUT2D eigenvalue weighted by molar-refractivity contribution is -0.127.